The van der Waals surface area contributed by atoms with Crippen LogP contribution in [0.15, 0.2) is 27.8 Å². The molecule has 0 saturated heterocycles. The first kappa shape index (κ1) is 11.6. The Balaban J connectivity index is 2.58. The van der Waals surface area contributed by atoms with E-state index in [0.29, 0.717) is 16.6 Å². The first-order chi connectivity index (χ1) is 8.11. The first-order valence-electron chi connectivity index (χ1n) is 4.97. The highest BCUT2D eigenvalue weighted by Crippen LogP contribution is 2.11. The molecule has 2 N–H and O–H groups in total. The Hall–Kier alpha value is -1.88. The number of ketones is 1. The van der Waals surface area contributed by atoms with Crippen molar-refractivity contribution in [3.8, 4) is 0 Å². The standard InChI is InChI=1S/C11H9ClN2O3/c12-4-3-9(15)6-1-2-7-8(5-6)14-11(17)10(16)13-7/h1-2,5H,3-4H2,(H,13,16)(H,14,17). The van der Waals surface area contributed by atoms with Crippen LogP contribution < -0.4 is 11.1 Å². The van der Waals surface area contributed by atoms with Crippen LogP contribution in [-0.4, -0.2) is 21.6 Å². The van der Waals surface area contributed by atoms with Crippen LogP contribution >= 0.6 is 11.6 Å². The maximum Gasteiger partial charge on any atom is 0.314 e. The summed E-state index contributed by atoms with van der Waals surface area (Å²) in [5.41, 5.74) is -0.0790. The minimum absolute atomic E-state index is 0.103. The number of fused-ring (bicyclic) bond motifs is 1. The lowest BCUT2D eigenvalue weighted by atomic mass is 10.1. The zero-order valence-electron chi connectivity index (χ0n) is 8.75. The van der Waals surface area contributed by atoms with Gasteiger partial charge in [-0.1, -0.05) is 0 Å². The Kier molecular flexibility index (Phi) is 3.10. The fraction of sp³-hybridized carbons (Fsp3) is 0.182. The van der Waals surface area contributed by atoms with Crippen LogP contribution in [0.2, 0.25) is 0 Å². The van der Waals surface area contributed by atoms with Gasteiger partial charge in [0.2, 0.25) is 0 Å². The topological polar surface area (TPSA) is 82.8 Å². The SMILES string of the molecule is O=C(CCCl)c1ccc2[nH]c(=O)c(=O)[nH]c2c1. The number of benzene rings is 1. The summed E-state index contributed by atoms with van der Waals surface area (Å²) in [6.07, 6.45) is 0.237. The van der Waals surface area contributed by atoms with Gasteiger partial charge >= 0.3 is 11.1 Å². The van der Waals surface area contributed by atoms with Crippen LogP contribution in [-0.2, 0) is 0 Å². The highest BCUT2D eigenvalue weighted by molar-refractivity contribution is 6.19. The third kappa shape index (κ3) is 2.29. The summed E-state index contributed by atoms with van der Waals surface area (Å²) in [7, 11) is 0. The number of H-pyrrole nitrogens is 2. The van der Waals surface area contributed by atoms with Gasteiger partial charge in [0, 0.05) is 17.9 Å². The van der Waals surface area contributed by atoms with E-state index >= 15 is 0 Å². The summed E-state index contributed by atoms with van der Waals surface area (Å²) in [5, 5.41) is 0. The number of alkyl halides is 1. The number of hydrogen-bond donors (Lipinski definition) is 2. The van der Waals surface area contributed by atoms with Gasteiger partial charge in [-0.2, -0.15) is 0 Å². The van der Waals surface area contributed by atoms with E-state index in [1.807, 2.05) is 0 Å². The maximum atomic E-state index is 11.6. The lowest BCUT2D eigenvalue weighted by Gasteiger charge is -2.01. The van der Waals surface area contributed by atoms with Gasteiger partial charge in [-0.3, -0.25) is 14.4 Å². The Labute approximate surface area is 100 Å². The monoisotopic (exact) mass is 252 g/mol. The maximum absolute atomic E-state index is 11.6. The van der Waals surface area contributed by atoms with E-state index in [2.05, 4.69) is 9.97 Å². The summed E-state index contributed by atoms with van der Waals surface area (Å²) in [6.45, 7) is 0. The lowest BCUT2D eigenvalue weighted by molar-refractivity contribution is 0.0989. The lowest BCUT2D eigenvalue weighted by Crippen LogP contribution is -2.28. The third-order valence-electron chi connectivity index (χ3n) is 2.37. The highest BCUT2D eigenvalue weighted by Gasteiger charge is 2.07. The molecule has 0 fully saturated rings. The van der Waals surface area contributed by atoms with Crippen molar-refractivity contribution < 1.29 is 4.79 Å². The normalized spacial score (nSPS) is 10.6. The Morgan fingerprint density at radius 1 is 1.12 bits per heavy atom. The first-order valence-corrected chi connectivity index (χ1v) is 5.51. The molecule has 0 amide bonds. The van der Waals surface area contributed by atoms with Crippen molar-refractivity contribution in [2.45, 2.75) is 6.42 Å². The van der Waals surface area contributed by atoms with Crippen LogP contribution in [0.1, 0.15) is 16.8 Å². The Bertz CT molecular complexity index is 687. The van der Waals surface area contributed by atoms with Crippen molar-refractivity contribution in [2.75, 3.05) is 5.88 Å². The van der Waals surface area contributed by atoms with Crippen LogP contribution in [0.3, 0.4) is 0 Å². The third-order valence-corrected chi connectivity index (χ3v) is 2.55. The van der Waals surface area contributed by atoms with Crippen LogP contribution in [0, 0.1) is 0 Å². The summed E-state index contributed by atoms with van der Waals surface area (Å²) < 4.78 is 0. The van der Waals surface area contributed by atoms with Crippen molar-refractivity contribution in [1.29, 1.82) is 0 Å². The fourth-order valence-electron chi connectivity index (χ4n) is 1.52. The van der Waals surface area contributed by atoms with Crippen molar-refractivity contribution in [2.24, 2.45) is 0 Å². The van der Waals surface area contributed by atoms with Gasteiger partial charge in [0.1, 0.15) is 0 Å². The molecular weight excluding hydrogens is 244 g/mol. The molecule has 0 unspecified atom stereocenters. The average molecular weight is 253 g/mol. The fourth-order valence-corrected chi connectivity index (χ4v) is 1.69. The zero-order chi connectivity index (χ0) is 12.4. The van der Waals surface area contributed by atoms with Crippen LogP contribution in [0.4, 0.5) is 0 Å². The molecule has 5 nitrogen and oxygen atoms in total. The molecule has 0 atom stereocenters. The molecule has 0 aliphatic heterocycles. The Morgan fingerprint density at radius 2 is 1.76 bits per heavy atom. The highest BCUT2D eigenvalue weighted by atomic mass is 35.5. The molecule has 0 radical (unpaired) electrons. The molecule has 88 valence electrons. The summed E-state index contributed by atoms with van der Waals surface area (Å²) in [5.74, 6) is 0.146. The number of rotatable bonds is 3. The number of aromatic amines is 2. The molecular formula is C11H9ClN2O3. The summed E-state index contributed by atoms with van der Waals surface area (Å²) in [4.78, 5) is 38.6. The number of Topliss-reactive ketones (excluding diaryl/α,β-unsaturated/α-hetero) is 1. The number of carbonyl (C=O) groups excluding carboxylic acids is 1. The largest absolute Gasteiger partial charge is 0.316 e. The van der Waals surface area contributed by atoms with Gasteiger partial charge in [-0.25, -0.2) is 0 Å². The molecule has 0 aliphatic carbocycles. The van der Waals surface area contributed by atoms with Crippen molar-refractivity contribution in [1.82, 2.24) is 9.97 Å². The number of hydrogen-bond acceptors (Lipinski definition) is 3. The van der Waals surface area contributed by atoms with Crippen LogP contribution in [0.25, 0.3) is 11.0 Å². The van der Waals surface area contributed by atoms with Crippen LogP contribution in [0.5, 0.6) is 0 Å². The second-order valence-corrected chi connectivity index (χ2v) is 3.91. The molecule has 17 heavy (non-hydrogen) atoms. The Morgan fingerprint density at radius 3 is 2.41 bits per heavy atom. The van der Waals surface area contributed by atoms with E-state index < -0.39 is 11.1 Å². The number of nitrogens with one attached hydrogen (secondary N) is 2. The summed E-state index contributed by atoms with van der Waals surface area (Å²) in [6, 6.07) is 4.70. The van der Waals surface area contributed by atoms with Crippen molar-refractivity contribution in [3.63, 3.8) is 0 Å². The van der Waals surface area contributed by atoms with E-state index in [-0.39, 0.29) is 18.1 Å². The molecule has 2 rings (SSSR count). The van der Waals surface area contributed by atoms with Gasteiger partial charge < -0.3 is 9.97 Å². The van der Waals surface area contributed by atoms with Gasteiger partial charge in [0.25, 0.3) is 0 Å². The molecule has 1 aromatic carbocycles. The summed E-state index contributed by atoms with van der Waals surface area (Å²) >= 11 is 5.48. The van der Waals surface area contributed by atoms with Crippen molar-refractivity contribution >= 4 is 28.4 Å². The minimum atomic E-state index is -0.737. The molecule has 2 aromatic rings. The second-order valence-electron chi connectivity index (χ2n) is 3.53. The predicted octanol–water partition coefficient (Wildman–Crippen LogP) is 1.03. The van der Waals surface area contributed by atoms with E-state index in [1.54, 1.807) is 12.1 Å². The molecule has 0 saturated carbocycles. The van der Waals surface area contributed by atoms with Crippen molar-refractivity contribution in [3.05, 3.63) is 44.5 Å². The van der Waals surface area contributed by atoms with E-state index in [0.717, 1.165) is 0 Å². The minimum Gasteiger partial charge on any atom is -0.316 e. The molecule has 0 spiro atoms. The van der Waals surface area contributed by atoms with E-state index in [1.165, 1.54) is 6.07 Å². The second kappa shape index (κ2) is 4.55. The number of carbonyl (C=O) groups is 1. The molecule has 1 aromatic heterocycles. The molecule has 0 bridgehead atoms. The quantitative estimate of drug-likeness (QED) is 0.486. The molecule has 0 aliphatic rings. The smallest absolute Gasteiger partial charge is 0.314 e. The number of aromatic nitrogens is 2. The zero-order valence-corrected chi connectivity index (χ0v) is 9.50. The van der Waals surface area contributed by atoms with E-state index in [9.17, 15) is 14.4 Å². The van der Waals surface area contributed by atoms with Gasteiger partial charge in [0.05, 0.1) is 11.0 Å². The van der Waals surface area contributed by atoms with E-state index in [4.69, 9.17) is 11.6 Å². The van der Waals surface area contributed by atoms with Gasteiger partial charge in [-0.15, -0.1) is 11.6 Å². The predicted molar refractivity (Wildman–Crippen MR) is 64.9 cm³/mol. The number of halogens is 1. The van der Waals surface area contributed by atoms with Gasteiger partial charge in [-0.05, 0) is 18.2 Å². The van der Waals surface area contributed by atoms with Gasteiger partial charge in [0.15, 0.2) is 5.78 Å². The molecule has 6 heteroatoms. The molecule has 1 heterocycles. The average Bonchev–Trinajstić information content (AvgIpc) is 2.30.